The summed E-state index contributed by atoms with van der Waals surface area (Å²) in [6.45, 7) is 4.58. The van der Waals surface area contributed by atoms with Crippen molar-refractivity contribution in [3.8, 4) is 17.2 Å². The van der Waals surface area contributed by atoms with E-state index < -0.39 is 0 Å². The van der Waals surface area contributed by atoms with Gasteiger partial charge in [-0.05, 0) is 12.5 Å². The molecule has 0 bridgehead atoms. The summed E-state index contributed by atoms with van der Waals surface area (Å²) in [5, 5.41) is 0. The first kappa shape index (κ1) is 10.9. The van der Waals surface area contributed by atoms with Crippen LogP contribution in [0.2, 0.25) is 0 Å². The first-order valence-corrected chi connectivity index (χ1v) is 5.31. The number of hydrogen-bond donors (Lipinski definition) is 0. The molecular formula is C13H16O3. The Hall–Kier alpha value is -1.64. The van der Waals surface area contributed by atoms with Gasteiger partial charge in [0.05, 0.1) is 20.8 Å². The van der Waals surface area contributed by atoms with Gasteiger partial charge in [-0.25, -0.2) is 0 Å². The molecule has 2 rings (SSSR count). The van der Waals surface area contributed by atoms with Gasteiger partial charge in [-0.1, -0.05) is 6.08 Å². The highest BCUT2D eigenvalue weighted by Crippen LogP contribution is 2.41. The molecule has 1 atom stereocenters. The van der Waals surface area contributed by atoms with Crippen LogP contribution in [0, 0.1) is 0 Å². The van der Waals surface area contributed by atoms with Crippen LogP contribution in [0.4, 0.5) is 0 Å². The maximum Gasteiger partial charge on any atom is 0.164 e. The molecule has 0 N–H and O–H groups in total. The molecule has 0 aromatic heterocycles. The number of ether oxygens (including phenoxy) is 3. The fourth-order valence-electron chi connectivity index (χ4n) is 1.99. The topological polar surface area (TPSA) is 27.7 Å². The zero-order valence-corrected chi connectivity index (χ0v) is 9.66. The maximum absolute atomic E-state index is 5.61. The van der Waals surface area contributed by atoms with Gasteiger partial charge in [0.2, 0.25) is 0 Å². The molecule has 0 unspecified atom stereocenters. The van der Waals surface area contributed by atoms with E-state index in [4.69, 9.17) is 14.2 Å². The Morgan fingerprint density at radius 2 is 2.00 bits per heavy atom. The summed E-state index contributed by atoms with van der Waals surface area (Å²) in [6.07, 6.45) is 2.92. The van der Waals surface area contributed by atoms with E-state index in [0.29, 0.717) is 11.7 Å². The monoisotopic (exact) mass is 220 g/mol. The predicted molar refractivity (Wildman–Crippen MR) is 62.6 cm³/mol. The molecule has 0 aliphatic carbocycles. The van der Waals surface area contributed by atoms with Crippen LogP contribution >= 0.6 is 0 Å². The minimum atomic E-state index is 0.337. The predicted octanol–water partition coefficient (Wildman–Crippen LogP) is 2.76. The number of hydrogen-bond acceptors (Lipinski definition) is 3. The SMILES string of the molecule is C=C[C@H]1CCOc2cc(OC)c(OC)cc21. The van der Waals surface area contributed by atoms with Crippen molar-refractivity contribution in [1.82, 2.24) is 0 Å². The van der Waals surface area contributed by atoms with Crippen molar-refractivity contribution >= 4 is 0 Å². The molecule has 1 aliphatic rings. The van der Waals surface area contributed by atoms with E-state index in [-0.39, 0.29) is 0 Å². The van der Waals surface area contributed by atoms with Crippen LogP contribution in [0.15, 0.2) is 24.8 Å². The van der Waals surface area contributed by atoms with Gasteiger partial charge in [0.1, 0.15) is 5.75 Å². The maximum atomic E-state index is 5.61. The Morgan fingerprint density at radius 3 is 2.62 bits per heavy atom. The van der Waals surface area contributed by atoms with E-state index >= 15 is 0 Å². The van der Waals surface area contributed by atoms with Gasteiger partial charge in [-0.2, -0.15) is 0 Å². The van der Waals surface area contributed by atoms with Gasteiger partial charge in [0, 0.05) is 17.5 Å². The number of methoxy groups -OCH3 is 2. The first-order chi connectivity index (χ1) is 7.80. The Bertz CT molecular complexity index is 398. The molecule has 3 nitrogen and oxygen atoms in total. The lowest BCUT2D eigenvalue weighted by molar-refractivity contribution is 0.273. The standard InChI is InChI=1S/C13H16O3/c1-4-9-5-6-16-11-8-13(15-3)12(14-2)7-10(9)11/h4,7-9H,1,5-6H2,2-3H3/t9-/m0/s1. The third-order valence-electron chi connectivity index (χ3n) is 2.89. The zero-order valence-electron chi connectivity index (χ0n) is 9.66. The van der Waals surface area contributed by atoms with Crippen molar-refractivity contribution in [2.45, 2.75) is 12.3 Å². The van der Waals surface area contributed by atoms with Crippen LogP contribution in [-0.2, 0) is 0 Å². The smallest absolute Gasteiger partial charge is 0.164 e. The molecule has 3 heteroatoms. The summed E-state index contributed by atoms with van der Waals surface area (Å²) in [5.74, 6) is 2.64. The Labute approximate surface area is 95.6 Å². The third-order valence-corrected chi connectivity index (χ3v) is 2.89. The van der Waals surface area contributed by atoms with E-state index in [1.54, 1.807) is 14.2 Å². The van der Waals surface area contributed by atoms with Crippen molar-refractivity contribution in [1.29, 1.82) is 0 Å². The average Bonchev–Trinajstić information content (AvgIpc) is 2.36. The van der Waals surface area contributed by atoms with E-state index in [0.717, 1.165) is 30.1 Å². The number of rotatable bonds is 3. The molecule has 1 heterocycles. The molecule has 0 saturated carbocycles. The normalized spacial score (nSPS) is 18.2. The van der Waals surface area contributed by atoms with Gasteiger partial charge in [0.25, 0.3) is 0 Å². The van der Waals surface area contributed by atoms with Gasteiger partial charge in [-0.3, -0.25) is 0 Å². The molecule has 1 aromatic rings. The molecule has 0 spiro atoms. The second-order valence-electron chi connectivity index (χ2n) is 3.72. The summed E-state index contributed by atoms with van der Waals surface area (Å²) in [7, 11) is 3.26. The van der Waals surface area contributed by atoms with E-state index in [9.17, 15) is 0 Å². The molecule has 86 valence electrons. The van der Waals surface area contributed by atoms with Crippen LogP contribution < -0.4 is 14.2 Å². The molecular weight excluding hydrogens is 204 g/mol. The summed E-state index contributed by atoms with van der Waals surface area (Å²) >= 11 is 0. The Kier molecular flexibility index (Phi) is 3.04. The molecule has 0 amide bonds. The number of fused-ring (bicyclic) bond motifs is 1. The highest BCUT2D eigenvalue weighted by molar-refractivity contribution is 5.53. The first-order valence-electron chi connectivity index (χ1n) is 5.31. The minimum Gasteiger partial charge on any atom is -0.493 e. The zero-order chi connectivity index (χ0) is 11.5. The lowest BCUT2D eigenvalue weighted by Gasteiger charge is -2.24. The van der Waals surface area contributed by atoms with Gasteiger partial charge >= 0.3 is 0 Å². The molecule has 0 saturated heterocycles. The minimum absolute atomic E-state index is 0.337. The highest BCUT2D eigenvalue weighted by atomic mass is 16.5. The van der Waals surface area contributed by atoms with Crippen molar-refractivity contribution in [3.05, 3.63) is 30.4 Å². The van der Waals surface area contributed by atoms with Crippen molar-refractivity contribution in [2.24, 2.45) is 0 Å². The quantitative estimate of drug-likeness (QED) is 0.733. The van der Waals surface area contributed by atoms with Gasteiger partial charge < -0.3 is 14.2 Å². The van der Waals surface area contributed by atoms with Gasteiger partial charge in [-0.15, -0.1) is 6.58 Å². The average molecular weight is 220 g/mol. The summed E-state index contributed by atoms with van der Waals surface area (Å²) < 4.78 is 16.1. The molecule has 1 aromatic carbocycles. The second kappa shape index (κ2) is 4.47. The number of benzene rings is 1. The van der Waals surface area contributed by atoms with Crippen LogP contribution in [0.1, 0.15) is 17.9 Å². The summed E-state index contributed by atoms with van der Waals surface area (Å²) in [6, 6.07) is 3.85. The molecule has 0 fully saturated rings. The fraction of sp³-hybridized carbons (Fsp3) is 0.385. The van der Waals surface area contributed by atoms with E-state index in [1.165, 1.54) is 0 Å². The van der Waals surface area contributed by atoms with Crippen LogP contribution in [0.25, 0.3) is 0 Å². The van der Waals surface area contributed by atoms with Crippen LogP contribution in [0.5, 0.6) is 17.2 Å². The van der Waals surface area contributed by atoms with E-state index in [1.807, 2.05) is 18.2 Å². The Morgan fingerprint density at radius 1 is 1.31 bits per heavy atom. The number of allylic oxidation sites excluding steroid dienone is 1. The van der Waals surface area contributed by atoms with Crippen LogP contribution in [-0.4, -0.2) is 20.8 Å². The highest BCUT2D eigenvalue weighted by Gasteiger charge is 2.21. The molecule has 16 heavy (non-hydrogen) atoms. The van der Waals surface area contributed by atoms with Crippen molar-refractivity contribution in [2.75, 3.05) is 20.8 Å². The lowest BCUT2D eigenvalue weighted by atomic mass is 9.93. The fourth-order valence-corrected chi connectivity index (χ4v) is 1.99. The second-order valence-corrected chi connectivity index (χ2v) is 3.72. The van der Waals surface area contributed by atoms with Crippen molar-refractivity contribution in [3.63, 3.8) is 0 Å². The van der Waals surface area contributed by atoms with Crippen LogP contribution in [0.3, 0.4) is 0 Å². The largest absolute Gasteiger partial charge is 0.493 e. The lowest BCUT2D eigenvalue weighted by Crippen LogP contribution is -2.13. The van der Waals surface area contributed by atoms with Gasteiger partial charge in [0.15, 0.2) is 11.5 Å². The third kappa shape index (κ3) is 1.73. The van der Waals surface area contributed by atoms with E-state index in [2.05, 4.69) is 6.58 Å². The van der Waals surface area contributed by atoms with Crippen molar-refractivity contribution < 1.29 is 14.2 Å². The molecule has 0 radical (unpaired) electrons. The summed E-state index contributed by atoms with van der Waals surface area (Å²) in [5.41, 5.74) is 1.12. The Balaban J connectivity index is 2.50. The molecule has 1 aliphatic heterocycles. The summed E-state index contributed by atoms with van der Waals surface area (Å²) in [4.78, 5) is 0.